The molecule has 2 saturated heterocycles. The Morgan fingerprint density at radius 2 is 1.74 bits per heavy atom. The van der Waals surface area contributed by atoms with E-state index in [-0.39, 0.29) is 0 Å². The molecular formula is C30H26N8. The third kappa shape index (κ3) is 3.76. The van der Waals surface area contributed by atoms with Gasteiger partial charge in [-0.2, -0.15) is 5.26 Å². The van der Waals surface area contributed by atoms with E-state index in [0.717, 1.165) is 59.7 Å². The molecule has 2 aliphatic heterocycles. The number of rotatable bonds is 5. The van der Waals surface area contributed by atoms with Gasteiger partial charge in [-0.05, 0) is 48.4 Å². The van der Waals surface area contributed by atoms with E-state index in [1.54, 1.807) is 6.20 Å². The highest BCUT2D eigenvalue weighted by atomic mass is 15.3. The van der Waals surface area contributed by atoms with Crippen molar-refractivity contribution in [1.29, 1.82) is 5.26 Å². The summed E-state index contributed by atoms with van der Waals surface area (Å²) in [4.78, 5) is 18.7. The summed E-state index contributed by atoms with van der Waals surface area (Å²) in [5.41, 5.74) is 12.8. The molecule has 2 N–H and O–H groups in total. The van der Waals surface area contributed by atoms with Crippen LogP contribution in [0.3, 0.4) is 0 Å². The van der Waals surface area contributed by atoms with E-state index in [0.29, 0.717) is 23.7 Å². The number of nitrogens with two attached hydrogens (primary N) is 1. The van der Waals surface area contributed by atoms with Crippen LogP contribution in [0.1, 0.15) is 12.0 Å². The predicted octanol–water partition coefficient (Wildman–Crippen LogP) is 4.47. The van der Waals surface area contributed by atoms with Crippen LogP contribution in [0.2, 0.25) is 0 Å². The van der Waals surface area contributed by atoms with Gasteiger partial charge in [0, 0.05) is 43.1 Å². The van der Waals surface area contributed by atoms with Crippen molar-refractivity contribution in [2.24, 2.45) is 0 Å². The first-order chi connectivity index (χ1) is 18.7. The normalized spacial score (nSPS) is 18.8. The van der Waals surface area contributed by atoms with E-state index in [4.69, 9.17) is 15.7 Å². The second kappa shape index (κ2) is 8.98. The number of nitrogen functional groups attached to an aromatic ring is 1. The molecule has 0 aliphatic carbocycles. The fraction of sp³-hybridized carbons (Fsp3) is 0.200. The van der Waals surface area contributed by atoms with E-state index in [9.17, 15) is 5.26 Å². The number of hydrogen-bond acceptors (Lipinski definition) is 7. The Kier molecular flexibility index (Phi) is 5.31. The molecule has 0 amide bonds. The Bertz CT molecular complexity index is 1670. The molecule has 8 heteroatoms. The average Bonchev–Trinajstić information content (AvgIpc) is 3.66. The summed E-state index contributed by atoms with van der Waals surface area (Å²) >= 11 is 0. The van der Waals surface area contributed by atoms with Crippen molar-refractivity contribution in [2.45, 2.75) is 25.0 Å². The number of pyridine rings is 2. The first-order valence-corrected chi connectivity index (χ1v) is 12.8. The predicted molar refractivity (Wildman–Crippen MR) is 147 cm³/mol. The van der Waals surface area contributed by atoms with Gasteiger partial charge in [-0.1, -0.05) is 42.5 Å². The lowest BCUT2D eigenvalue weighted by atomic mass is 10.1. The van der Waals surface area contributed by atoms with Crippen LogP contribution in [0.25, 0.3) is 39.5 Å². The van der Waals surface area contributed by atoms with Crippen LogP contribution < -0.4 is 5.73 Å². The van der Waals surface area contributed by atoms with E-state index in [1.165, 1.54) is 5.56 Å². The van der Waals surface area contributed by atoms with Crippen LogP contribution >= 0.6 is 0 Å². The Morgan fingerprint density at radius 3 is 2.47 bits per heavy atom. The maximum atomic E-state index is 9.30. The second-order valence-electron chi connectivity index (χ2n) is 10.0. The minimum absolute atomic E-state index is 0.360. The van der Waals surface area contributed by atoms with Crippen LogP contribution in [-0.2, 0) is 6.54 Å². The average molecular weight is 499 g/mol. The van der Waals surface area contributed by atoms with E-state index >= 15 is 0 Å². The highest BCUT2D eigenvalue weighted by molar-refractivity contribution is 5.84. The Morgan fingerprint density at radius 1 is 0.895 bits per heavy atom. The maximum Gasteiger partial charge on any atom is 0.179 e. The third-order valence-corrected chi connectivity index (χ3v) is 7.72. The fourth-order valence-corrected chi connectivity index (χ4v) is 5.81. The lowest BCUT2D eigenvalue weighted by Gasteiger charge is -2.31. The van der Waals surface area contributed by atoms with Gasteiger partial charge in [0.05, 0.1) is 17.3 Å². The number of likely N-dealkylation sites (tertiary alicyclic amines) is 2. The van der Waals surface area contributed by atoms with Gasteiger partial charge >= 0.3 is 0 Å². The molecule has 0 unspecified atom stereocenters. The van der Waals surface area contributed by atoms with E-state index < -0.39 is 0 Å². The number of fused-ring (bicyclic) bond motifs is 3. The summed E-state index contributed by atoms with van der Waals surface area (Å²) in [7, 11) is 0. The molecule has 5 aromatic rings. The molecule has 8 nitrogen and oxygen atoms in total. The standard InChI is InChI=1S/C30H26N8/c31-19-37-18-23-15-24(37)17-36(23)16-20-8-10-22(11-9-20)38-29(25-7-4-14-33-28(25)32)35-27-13-12-26(34-30(27)38)21-5-2-1-3-6-21/h1-14,23-24H,15-18H2,(H2,32,33)/t23-,24-/m1/s1. The number of anilines is 1. The Balaban J connectivity index is 1.28. The van der Waals surface area contributed by atoms with Crippen LogP contribution in [-0.4, -0.2) is 54.5 Å². The summed E-state index contributed by atoms with van der Waals surface area (Å²) < 4.78 is 2.07. The zero-order valence-corrected chi connectivity index (χ0v) is 20.8. The number of nitriles is 1. The first-order valence-electron chi connectivity index (χ1n) is 12.8. The number of benzene rings is 2. The van der Waals surface area contributed by atoms with Crippen molar-refractivity contribution < 1.29 is 0 Å². The van der Waals surface area contributed by atoms with Crippen LogP contribution in [0.5, 0.6) is 0 Å². The van der Waals surface area contributed by atoms with Gasteiger partial charge in [-0.15, -0.1) is 0 Å². The van der Waals surface area contributed by atoms with Gasteiger partial charge in [-0.3, -0.25) is 9.47 Å². The molecule has 2 aliphatic rings. The number of hydrogen-bond donors (Lipinski definition) is 1. The van der Waals surface area contributed by atoms with Crippen molar-refractivity contribution in [3.05, 3.63) is 90.6 Å². The number of piperazine rings is 1. The molecule has 2 aromatic carbocycles. The van der Waals surface area contributed by atoms with Crippen molar-refractivity contribution >= 4 is 17.0 Å². The van der Waals surface area contributed by atoms with Gasteiger partial charge in [0.15, 0.2) is 17.7 Å². The minimum Gasteiger partial charge on any atom is -0.383 e. The van der Waals surface area contributed by atoms with Gasteiger partial charge < -0.3 is 10.6 Å². The zero-order valence-electron chi connectivity index (χ0n) is 20.8. The van der Waals surface area contributed by atoms with Gasteiger partial charge in [0.25, 0.3) is 0 Å². The number of imidazole rings is 1. The lowest BCUT2D eigenvalue weighted by Crippen LogP contribution is -2.43. The van der Waals surface area contributed by atoms with Gasteiger partial charge in [-0.25, -0.2) is 15.0 Å². The van der Waals surface area contributed by atoms with Crippen LogP contribution in [0, 0.1) is 11.5 Å². The molecule has 186 valence electrons. The lowest BCUT2D eigenvalue weighted by molar-refractivity contribution is 0.161. The van der Waals surface area contributed by atoms with Crippen molar-refractivity contribution in [2.75, 3.05) is 18.8 Å². The van der Waals surface area contributed by atoms with Crippen molar-refractivity contribution in [3.8, 4) is 34.5 Å². The third-order valence-electron chi connectivity index (χ3n) is 7.72. The molecule has 2 bridgehead atoms. The van der Waals surface area contributed by atoms with Crippen molar-refractivity contribution in [3.63, 3.8) is 0 Å². The number of aromatic nitrogens is 4. The first kappa shape index (κ1) is 22.5. The topological polar surface area (TPSA) is 99.9 Å². The van der Waals surface area contributed by atoms with Gasteiger partial charge in [0.2, 0.25) is 0 Å². The summed E-state index contributed by atoms with van der Waals surface area (Å²) in [6, 6.07) is 27.4. The molecule has 0 saturated carbocycles. The molecule has 2 fully saturated rings. The highest BCUT2D eigenvalue weighted by Gasteiger charge is 2.42. The number of nitrogens with zero attached hydrogens (tertiary/aromatic N) is 7. The largest absolute Gasteiger partial charge is 0.383 e. The fourth-order valence-electron chi connectivity index (χ4n) is 5.81. The highest BCUT2D eigenvalue weighted by Crippen LogP contribution is 2.33. The zero-order chi connectivity index (χ0) is 25.6. The maximum absolute atomic E-state index is 9.30. The van der Waals surface area contributed by atoms with E-state index in [1.807, 2.05) is 47.4 Å². The molecule has 2 atom stereocenters. The van der Waals surface area contributed by atoms with Crippen molar-refractivity contribution in [1.82, 2.24) is 29.3 Å². The quantitative estimate of drug-likeness (QED) is 0.357. The van der Waals surface area contributed by atoms with E-state index in [2.05, 4.69) is 57.0 Å². The summed E-state index contributed by atoms with van der Waals surface area (Å²) in [5, 5.41) is 9.30. The monoisotopic (exact) mass is 498 g/mol. The van der Waals surface area contributed by atoms with Gasteiger partial charge in [0.1, 0.15) is 11.3 Å². The molecule has 38 heavy (non-hydrogen) atoms. The second-order valence-corrected chi connectivity index (χ2v) is 10.0. The summed E-state index contributed by atoms with van der Waals surface area (Å²) in [6.07, 6.45) is 5.10. The molecular weight excluding hydrogens is 472 g/mol. The molecule has 7 rings (SSSR count). The Labute approximate surface area is 220 Å². The summed E-state index contributed by atoms with van der Waals surface area (Å²) in [5.74, 6) is 1.14. The van der Waals surface area contributed by atoms with Crippen LogP contribution in [0.4, 0.5) is 5.82 Å². The molecule has 5 heterocycles. The Hall–Kier alpha value is -4.74. The smallest absolute Gasteiger partial charge is 0.179 e. The molecule has 0 radical (unpaired) electrons. The molecule has 0 spiro atoms. The minimum atomic E-state index is 0.360. The SMILES string of the molecule is N#CN1C[C@H]2C[C@@H]1CN2Cc1ccc(-n2c(-c3cccnc3N)nc3ccc(-c4ccccc4)nc32)cc1. The molecule has 3 aromatic heterocycles. The summed E-state index contributed by atoms with van der Waals surface area (Å²) in [6.45, 7) is 2.67. The van der Waals surface area contributed by atoms with Crippen LogP contribution in [0.15, 0.2) is 85.1 Å².